The number of rotatable bonds is 7. The SMILES string of the molecule is CC(NC(=O)/C=C/c1cn(CCC#N)c2ccccc12)c1ccc(S(C)(=O)=O)cc1. The molecule has 3 rings (SSSR count). The van der Waals surface area contributed by atoms with Crippen molar-refractivity contribution in [1.82, 2.24) is 9.88 Å². The van der Waals surface area contributed by atoms with Crippen molar-refractivity contribution in [3.63, 3.8) is 0 Å². The van der Waals surface area contributed by atoms with Gasteiger partial charge in [0, 0.05) is 41.5 Å². The van der Waals surface area contributed by atoms with Crippen LogP contribution in [0.25, 0.3) is 17.0 Å². The van der Waals surface area contributed by atoms with E-state index in [1.165, 1.54) is 6.08 Å². The van der Waals surface area contributed by atoms with E-state index in [4.69, 9.17) is 5.26 Å². The summed E-state index contributed by atoms with van der Waals surface area (Å²) in [4.78, 5) is 12.6. The van der Waals surface area contributed by atoms with E-state index in [1.54, 1.807) is 30.3 Å². The average molecular weight is 422 g/mol. The maximum Gasteiger partial charge on any atom is 0.244 e. The molecular formula is C23H23N3O3S. The molecule has 1 amide bonds. The number of fused-ring (bicyclic) bond motifs is 1. The minimum Gasteiger partial charge on any atom is -0.346 e. The van der Waals surface area contributed by atoms with Crippen LogP contribution in [0, 0.1) is 11.3 Å². The zero-order chi connectivity index (χ0) is 21.7. The van der Waals surface area contributed by atoms with Gasteiger partial charge in [0.1, 0.15) is 0 Å². The Balaban J connectivity index is 1.72. The molecule has 1 unspecified atom stereocenters. The van der Waals surface area contributed by atoms with Gasteiger partial charge in [-0.15, -0.1) is 0 Å². The molecule has 1 N–H and O–H groups in total. The van der Waals surface area contributed by atoms with Gasteiger partial charge in [-0.3, -0.25) is 4.79 Å². The van der Waals surface area contributed by atoms with Gasteiger partial charge >= 0.3 is 0 Å². The molecule has 0 radical (unpaired) electrons. The largest absolute Gasteiger partial charge is 0.346 e. The standard InChI is InChI=1S/C23H23N3O3S/c1-17(18-8-11-20(12-9-18)30(2,28)29)25-23(27)13-10-19-16-26(15-5-14-24)22-7-4-3-6-21(19)22/h3-4,6-13,16-17H,5,15H2,1-2H3,(H,25,27)/b13-10+. The molecule has 3 aromatic rings. The molecular weight excluding hydrogens is 398 g/mol. The summed E-state index contributed by atoms with van der Waals surface area (Å²) in [5.74, 6) is -0.247. The highest BCUT2D eigenvalue weighted by molar-refractivity contribution is 7.90. The van der Waals surface area contributed by atoms with Gasteiger partial charge in [-0.25, -0.2) is 8.42 Å². The van der Waals surface area contributed by atoms with Crippen LogP contribution < -0.4 is 5.32 Å². The van der Waals surface area contributed by atoms with Gasteiger partial charge in [0.15, 0.2) is 9.84 Å². The molecule has 0 spiro atoms. The number of amides is 1. The normalized spacial score (nSPS) is 12.7. The number of hydrogen-bond donors (Lipinski definition) is 1. The molecule has 7 heteroatoms. The summed E-state index contributed by atoms with van der Waals surface area (Å²) in [6.45, 7) is 2.44. The third-order valence-corrected chi connectivity index (χ3v) is 5.99. The summed E-state index contributed by atoms with van der Waals surface area (Å²) < 4.78 is 25.2. The quantitative estimate of drug-likeness (QED) is 0.587. The van der Waals surface area contributed by atoms with E-state index < -0.39 is 9.84 Å². The first kappa shape index (κ1) is 21.3. The fraction of sp³-hybridized carbons (Fsp3) is 0.217. The van der Waals surface area contributed by atoms with Crippen molar-refractivity contribution in [3.8, 4) is 6.07 Å². The van der Waals surface area contributed by atoms with Crippen LogP contribution in [0.1, 0.15) is 30.5 Å². The lowest BCUT2D eigenvalue weighted by Crippen LogP contribution is -2.24. The number of carbonyl (C=O) groups excluding carboxylic acids is 1. The summed E-state index contributed by atoms with van der Waals surface area (Å²) in [6, 6.07) is 16.2. The highest BCUT2D eigenvalue weighted by Gasteiger charge is 2.11. The van der Waals surface area contributed by atoms with E-state index in [2.05, 4.69) is 11.4 Å². The molecule has 1 heterocycles. The maximum absolute atomic E-state index is 12.4. The molecule has 0 fully saturated rings. The zero-order valence-corrected chi connectivity index (χ0v) is 17.7. The third kappa shape index (κ3) is 4.97. The monoisotopic (exact) mass is 421 g/mol. The van der Waals surface area contributed by atoms with E-state index in [0.29, 0.717) is 13.0 Å². The minimum absolute atomic E-state index is 0.247. The topological polar surface area (TPSA) is 92.0 Å². The molecule has 154 valence electrons. The van der Waals surface area contributed by atoms with Gasteiger partial charge in [0.05, 0.1) is 23.4 Å². The van der Waals surface area contributed by atoms with Crippen LogP contribution in [-0.2, 0) is 21.2 Å². The molecule has 30 heavy (non-hydrogen) atoms. The average Bonchev–Trinajstić information content (AvgIpc) is 3.08. The van der Waals surface area contributed by atoms with Crippen LogP contribution >= 0.6 is 0 Å². The van der Waals surface area contributed by atoms with Crippen LogP contribution in [0.2, 0.25) is 0 Å². The second-order valence-corrected chi connectivity index (χ2v) is 9.12. The lowest BCUT2D eigenvalue weighted by Gasteiger charge is -2.13. The summed E-state index contributed by atoms with van der Waals surface area (Å²) in [6.07, 6.45) is 6.77. The van der Waals surface area contributed by atoms with Gasteiger partial charge in [-0.05, 0) is 36.8 Å². The maximum atomic E-state index is 12.4. The van der Waals surface area contributed by atoms with E-state index in [9.17, 15) is 13.2 Å². The number of sulfone groups is 1. The fourth-order valence-corrected chi connectivity index (χ4v) is 3.91. The first-order valence-electron chi connectivity index (χ1n) is 9.53. The fourth-order valence-electron chi connectivity index (χ4n) is 3.28. The van der Waals surface area contributed by atoms with Crippen molar-refractivity contribution < 1.29 is 13.2 Å². The summed E-state index contributed by atoms with van der Waals surface area (Å²) in [5, 5.41) is 12.8. The second-order valence-electron chi connectivity index (χ2n) is 7.11. The van der Waals surface area contributed by atoms with Gasteiger partial charge in [0.25, 0.3) is 0 Å². The Morgan fingerprint density at radius 3 is 2.57 bits per heavy atom. The predicted octanol–water partition coefficient (Wildman–Crippen LogP) is 3.85. The van der Waals surface area contributed by atoms with E-state index in [1.807, 2.05) is 42.0 Å². The van der Waals surface area contributed by atoms with E-state index >= 15 is 0 Å². The van der Waals surface area contributed by atoms with Crippen molar-refractivity contribution in [2.45, 2.75) is 30.8 Å². The molecule has 0 aliphatic carbocycles. The van der Waals surface area contributed by atoms with Crippen LogP contribution in [0.4, 0.5) is 0 Å². The number of nitrogens with zero attached hydrogens (tertiary/aromatic N) is 2. The molecule has 0 aliphatic rings. The highest BCUT2D eigenvalue weighted by Crippen LogP contribution is 2.23. The smallest absolute Gasteiger partial charge is 0.244 e. The Labute approximate surface area is 176 Å². The number of aromatic nitrogens is 1. The molecule has 0 saturated heterocycles. The van der Waals surface area contributed by atoms with Gasteiger partial charge in [0.2, 0.25) is 5.91 Å². The number of nitrogens with one attached hydrogen (secondary N) is 1. The number of nitriles is 1. The van der Waals surface area contributed by atoms with Gasteiger partial charge < -0.3 is 9.88 Å². The molecule has 2 aromatic carbocycles. The number of hydrogen-bond acceptors (Lipinski definition) is 4. The van der Waals surface area contributed by atoms with Crippen molar-refractivity contribution in [3.05, 3.63) is 71.9 Å². The predicted molar refractivity (Wildman–Crippen MR) is 117 cm³/mol. The number of carbonyl (C=O) groups is 1. The lowest BCUT2D eigenvalue weighted by molar-refractivity contribution is -0.117. The molecule has 6 nitrogen and oxygen atoms in total. The van der Waals surface area contributed by atoms with Crippen molar-refractivity contribution in [1.29, 1.82) is 5.26 Å². The Hall–Kier alpha value is -3.37. The van der Waals surface area contributed by atoms with Crippen LogP contribution in [-0.4, -0.2) is 25.1 Å². The third-order valence-electron chi connectivity index (χ3n) is 4.87. The Bertz CT molecular complexity index is 1230. The van der Waals surface area contributed by atoms with E-state index in [-0.39, 0.29) is 16.8 Å². The first-order valence-corrected chi connectivity index (χ1v) is 11.4. The Morgan fingerprint density at radius 1 is 1.20 bits per heavy atom. The Morgan fingerprint density at radius 2 is 1.90 bits per heavy atom. The van der Waals surface area contributed by atoms with Crippen LogP contribution in [0.5, 0.6) is 0 Å². The number of benzene rings is 2. The van der Waals surface area contributed by atoms with Crippen molar-refractivity contribution >= 4 is 32.7 Å². The molecule has 0 bridgehead atoms. The van der Waals surface area contributed by atoms with Crippen molar-refractivity contribution in [2.75, 3.05) is 6.26 Å². The molecule has 1 atom stereocenters. The zero-order valence-electron chi connectivity index (χ0n) is 16.9. The number of aryl methyl sites for hydroxylation is 1. The summed E-state index contributed by atoms with van der Waals surface area (Å²) in [5.41, 5.74) is 2.74. The number of para-hydroxylation sites is 1. The summed E-state index contributed by atoms with van der Waals surface area (Å²) in [7, 11) is -3.25. The van der Waals surface area contributed by atoms with Gasteiger partial charge in [-0.1, -0.05) is 30.3 Å². The van der Waals surface area contributed by atoms with Gasteiger partial charge in [-0.2, -0.15) is 5.26 Å². The highest BCUT2D eigenvalue weighted by atomic mass is 32.2. The first-order chi connectivity index (χ1) is 14.3. The Kier molecular flexibility index (Phi) is 6.38. The second kappa shape index (κ2) is 8.97. The van der Waals surface area contributed by atoms with E-state index in [0.717, 1.165) is 28.3 Å². The summed E-state index contributed by atoms with van der Waals surface area (Å²) >= 11 is 0. The van der Waals surface area contributed by atoms with Crippen LogP contribution in [0.3, 0.4) is 0 Å². The minimum atomic E-state index is -3.25. The molecule has 0 aliphatic heterocycles. The molecule has 1 aromatic heterocycles. The lowest BCUT2D eigenvalue weighted by atomic mass is 10.1. The van der Waals surface area contributed by atoms with Crippen molar-refractivity contribution in [2.24, 2.45) is 0 Å². The molecule has 0 saturated carbocycles. The van der Waals surface area contributed by atoms with Crippen LogP contribution in [0.15, 0.2) is 65.7 Å².